The van der Waals surface area contributed by atoms with E-state index in [1.54, 1.807) is 0 Å². The molecule has 0 saturated carbocycles. The molecule has 2 heterocycles. The van der Waals surface area contributed by atoms with Gasteiger partial charge in [-0.05, 0) is 38.1 Å². The smallest absolute Gasteiger partial charge is 0.0935 e. The normalized spacial score (nSPS) is 27.4. The van der Waals surface area contributed by atoms with E-state index in [-0.39, 0.29) is 0 Å². The Morgan fingerprint density at radius 3 is 3.17 bits per heavy atom. The number of aryl methyl sites for hydroxylation is 1. The molecule has 1 aromatic rings. The fourth-order valence-corrected chi connectivity index (χ4v) is 4.33. The van der Waals surface area contributed by atoms with Crippen LogP contribution in [0.15, 0.2) is 0 Å². The molecule has 1 aromatic heterocycles. The van der Waals surface area contributed by atoms with Crippen LogP contribution in [0.4, 0.5) is 0 Å². The van der Waals surface area contributed by atoms with Crippen molar-refractivity contribution in [3.05, 3.63) is 15.6 Å². The highest BCUT2D eigenvalue weighted by Crippen LogP contribution is 2.35. The van der Waals surface area contributed by atoms with Crippen LogP contribution in [0.5, 0.6) is 0 Å². The predicted molar refractivity (Wildman–Crippen MR) is 74.1 cm³/mol. The minimum Gasteiger partial charge on any atom is -0.381 e. The summed E-state index contributed by atoms with van der Waals surface area (Å²) in [5.41, 5.74) is 1.37. The largest absolute Gasteiger partial charge is 0.381 e. The van der Waals surface area contributed by atoms with Crippen LogP contribution in [0.25, 0.3) is 0 Å². The second kappa shape index (κ2) is 5.68. The van der Waals surface area contributed by atoms with Gasteiger partial charge in [-0.25, -0.2) is 4.98 Å². The third-order valence-corrected chi connectivity index (χ3v) is 5.17. The average Bonchev–Trinajstić information content (AvgIpc) is 2.99. The molecule has 2 aliphatic rings. The van der Waals surface area contributed by atoms with Gasteiger partial charge in [0.2, 0.25) is 0 Å². The zero-order chi connectivity index (χ0) is 12.4. The SMILES string of the molecule is CCNC1CCCc2nc(CC3CCOC3)sc21. The zero-order valence-corrected chi connectivity index (χ0v) is 11.9. The topological polar surface area (TPSA) is 34.2 Å². The van der Waals surface area contributed by atoms with E-state index in [4.69, 9.17) is 9.72 Å². The molecule has 1 saturated heterocycles. The van der Waals surface area contributed by atoms with Crippen LogP contribution < -0.4 is 5.32 Å². The molecule has 2 unspecified atom stereocenters. The van der Waals surface area contributed by atoms with Gasteiger partial charge in [0.15, 0.2) is 0 Å². The van der Waals surface area contributed by atoms with E-state index in [1.165, 1.54) is 41.3 Å². The van der Waals surface area contributed by atoms with Crippen LogP contribution in [0.2, 0.25) is 0 Å². The van der Waals surface area contributed by atoms with E-state index >= 15 is 0 Å². The number of aromatic nitrogens is 1. The van der Waals surface area contributed by atoms with Crippen molar-refractivity contribution in [1.29, 1.82) is 0 Å². The predicted octanol–water partition coefficient (Wildman–Crippen LogP) is 2.71. The van der Waals surface area contributed by atoms with Crippen LogP contribution in [-0.2, 0) is 17.6 Å². The van der Waals surface area contributed by atoms with Crippen molar-refractivity contribution in [2.75, 3.05) is 19.8 Å². The number of fused-ring (bicyclic) bond motifs is 1. The summed E-state index contributed by atoms with van der Waals surface area (Å²) in [4.78, 5) is 6.38. The Balaban J connectivity index is 1.73. The highest BCUT2D eigenvalue weighted by Gasteiger charge is 2.25. The first-order valence-electron chi connectivity index (χ1n) is 7.16. The van der Waals surface area contributed by atoms with Crippen molar-refractivity contribution in [1.82, 2.24) is 10.3 Å². The van der Waals surface area contributed by atoms with Crippen LogP contribution >= 0.6 is 11.3 Å². The molecule has 0 radical (unpaired) electrons. The molecule has 100 valence electrons. The number of hydrogen-bond acceptors (Lipinski definition) is 4. The van der Waals surface area contributed by atoms with Gasteiger partial charge in [0.25, 0.3) is 0 Å². The Kier molecular flexibility index (Phi) is 3.97. The Morgan fingerprint density at radius 1 is 1.44 bits per heavy atom. The fourth-order valence-electron chi connectivity index (χ4n) is 2.99. The maximum Gasteiger partial charge on any atom is 0.0935 e. The van der Waals surface area contributed by atoms with Gasteiger partial charge in [0, 0.05) is 30.6 Å². The number of hydrogen-bond donors (Lipinski definition) is 1. The summed E-state index contributed by atoms with van der Waals surface area (Å²) in [5.74, 6) is 0.704. The van der Waals surface area contributed by atoms with Crippen LogP contribution in [0.1, 0.15) is 47.8 Å². The Morgan fingerprint density at radius 2 is 2.39 bits per heavy atom. The number of ether oxygens (including phenoxy) is 1. The van der Waals surface area contributed by atoms with Gasteiger partial charge in [-0.2, -0.15) is 0 Å². The van der Waals surface area contributed by atoms with Crippen molar-refractivity contribution in [3.63, 3.8) is 0 Å². The maximum atomic E-state index is 5.46. The molecule has 0 bridgehead atoms. The lowest BCUT2D eigenvalue weighted by Gasteiger charge is -2.21. The number of thiazole rings is 1. The lowest BCUT2D eigenvalue weighted by atomic mass is 9.98. The standard InChI is InChI=1S/C14H22N2OS/c1-2-15-11-4-3-5-12-14(11)18-13(16-12)8-10-6-7-17-9-10/h10-11,15H,2-9H2,1H3. The van der Waals surface area contributed by atoms with Gasteiger partial charge >= 0.3 is 0 Å². The molecule has 3 nitrogen and oxygen atoms in total. The molecule has 0 spiro atoms. The molecule has 0 amide bonds. The van der Waals surface area contributed by atoms with Gasteiger partial charge in [-0.1, -0.05) is 6.92 Å². The minimum absolute atomic E-state index is 0.560. The summed E-state index contributed by atoms with van der Waals surface area (Å²) in [6.45, 7) is 5.11. The van der Waals surface area contributed by atoms with Crippen molar-refractivity contribution in [3.8, 4) is 0 Å². The second-order valence-corrected chi connectivity index (χ2v) is 6.47. The number of nitrogens with one attached hydrogen (secondary N) is 1. The number of rotatable bonds is 4. The first-order valence-corrected chi connectivity index (χ1v) is 7.98. The summed E-state index contributed by atoms with van der Waals surface area (Å²) in [6.07, 6.45) is 6.06. The molecule has 0 aromatic carbocycles. The van der Waals surface area contributed by atoms with Crippen molar-refractivity contribution in [2.45, 2.75) is 45.1 Å². The molecule has 1 N–H and O–H groups in total. The Labute approximate surface area is 113 Å². The third-order valence-electron chi connectivity index (χ3n) is 3.93. The molecule has 3 rings (SSSR count). The molecule has 18 heavy (non-hydrogen) atoms. The summed E-state index contributed by atoms with van der Waals surface area (Å²) in [6, 6.07) is 0.560. The number of nitrogens with zero attached hydrogens (tertiary/aromatic N) is 1. The monoisotopic (exact) mass is 266 g/mol. The third kappa shape index (κ3) is 2.60. The molecular formula is C14H22N2OS. The molecule has 1 aliphatic heterocycles. The quantitative estimate of drug-likeness (QED) is 0.910. The first-order chi connectivity index (χ1) is 8.86. The molecule has 2 atom stereocenters. The average molecular weight is 266 g/mol. The van der Waals surface area contributed by atoms with E-state index in [2.05, 4.69) is 12.2 Å². The molecule has 1 aliphatic carbocycles. The highest BCUT2D eigenvalue weighted by atomic mass is 32.1. The van der Waals surface area contributed by atoms with E-state index in [0.29, 0.717) is 12.0 Å². The lowest BCUT2D eigenvalue weighted by molar-refractivity contribution is 0.186. The summed E-state index contributed by atoms with van der Waals surface area (Å²) in [5, 5.41) is 4.93. The first kappa shape index (κ1) is 12.6. The van der Waals surface area contributed by atoms with Crippen LogP contribution in [-0.4, -0.2) is 24.7 Å². The van der Waals surface area contributed by atoms with Crippen molar-refractivity contribution in [2.24, 2.45) is 5.92 Å². The zero-order valence-electron chi connectivity index (χ0n) is 11.1. The van der Waals surface area contributed by atoms with Gasteiger partial charge in [0.05, 0.1) is 10.7 Å². The van der Waals surface area contributed by atoms with Crippen LogP contribution in [0, 0.1) is 5.92 Å². The van der Waals surface area contributed by atoms with E-state index in [0.717, 1.165) is 26.2 Å². The maximum absolute atomic E-state index is 5.46. The van der Waals surface area contributed by atoms with Gasteiger partial charge < -0.3 is 10.1 Å². The summed E-state index contributed by atoms with van der Waals surface area (Å²) in [7, 11) is 0. The molecule has 4 heteroatoms. The highest BCUT2D eigenvalue weighted by molar-refractivity contribution is 7.11. The lowest BCUT2D eigenvalue weighted by Crippen LogP contribution is -2.23. The van der Waals surface area contributed by atoms with Gasteiger partial charge in [-0.15, -0.1) is 11.3 Å². The fraction of sp³-hybridized carbons (Fsp3) is 0.786. The van der Waals surface area contributed by atoms with Crippen molar-refractivity contribution >= 4 is 11.3 Å². The van der Waals surface area contributed by atoms with Crippen LogP contribution in [0.3, 0.4) is 0 Å². The Hall–Kier alpha value is -0.450. The molecular weight excluding hydrogens is 244 g/mol. The second-order valence-electron chi connectivity index (χ2n) is 5.35. The van der Waals surface area contributed by atoms with E-state index in [9.17, 15) is 0 Å². The van der Waals surface area contributed by atoms with Gasteiger partial charge in [-0.3, -0.25) is 0 Å². The van der Waals surface area contributed by atoms with E-state index in [1.807, 2.05) is 11.3 Å². The summed E-state index contributed by atoms with van der Waals surface area (Å²) < 4.78 is 5.46. The summed E-state index contributed by atoms with van der Waals surface area (Å²) >= 11 is 1.94. The molecule has 1 fully saturated rings. The van der Waals surface area contributed by atoms with E-state index < -0.39 is 0 Å². The Bertz CT molecular complexity index is 398. The van der Waals surface area contributed by atoms with Crippen molar-refractivity contribution < 1.29 is 4.74 Å². The van der Waals surface area contributed by atoms with Gasteiger partial charge in [0.1, 0.15) is 0 Å². The minimum atomic E-state index is 0.560.